The number of likely N-dealkylation sites (N-methyl/N-ethyl adjacent to an activating group) is 2. The van der Waals surface area contributed by atoms with Crippen molar-refractivity contribution >= 4 is 138 Å². The lowest BCUT2D eigenvalue weighted by atomic mass is 10.0. The van der Waals surface area contributed by atoms with Crippen LogP contribution < -0.4 is 76.9 Å². The first kappa shape index (κ1) is 95.6. The fourth-order valence-corrected chi connectivity index (χ4v) is 19.0. The third-order valence-electron chi connectivity index (χ3n) is 27.2. The van der Waals surface area contributed by atoms with Crippen LogP contribution >= 0.6 is 0 Å². The Morgan fingerprint density at radius 2 is 0.683 bits per heavy atom. The molecule has 0 unspecified atom stereocenters. The first-order valence-electron chi connectivity index (χ1n) is 49.1. The second kappa shape index (κ2) is 44.0. The lowest BCUT2D eigenvalue weighted by Gasteiger charge is -2.35. The number of morpholine rings is 1. The van der Waals surface area contributed by atoms with Gasteiger partial charge in [0.05, 0.1) is 60.8 Å². The summed E-state index contributed by atoms with van der Waals surface area (Å²) in [4.78, 5) is 129. The molecule has 7 N–H and O–H groups in total. The number of hydrogen-bond acceptors (Lipinski definition) is 34. The number of ether oxygens (including phenoxy) is 1. The second-order valence-electron chi connectivity index (χ2n) is 37.7. The molecule has 0 atom stereocenters. The maximum Gasteiger partial charge on any atom is 0.272 e. The summed E-state index contributed by atoms with van der Waals surface area (Å²) in [7, 11) is 14.9. The highest BCUT2D eigenvalue weighted by Gasteiger charge is 2.34. The minimum Gasteiger partial charge on any atom is -0.378 e. The van der Waals surface area contributed by atoms with Crippen molar-refractivity contribution in [1.82, 2.24) is 124 Å². The van der Waals surface area contributed by atoms with Gasteiger partial charge in [0.15, 0.2) is 22.6 Å². The molecule has 12 aromatic rings. The van der Waals surface area contributed by atoms with E-state index in [1.807, 2.05) is 104 Å². The molecule has 0 aliphatic carbocycles. The van der Waals surface area contributed by atoms with Crippen LogP contribution in [0.2, 0.25) is 0 Å². The van der Waals surface area contributed by atoms with Gasteiger partial charge >= 0.3 is 0 Å². The standard InChI is InChI=1S/C25H33N9O2.C25H35N9O.C24H33N9O.C23H32N10O/c35-24(32-12-14-36-15-13-32)21-16-19-17-28-25(30-23(19)34(21)33-8-2-1-3-9-33)29-22-5-4-20(18-27-22)31-10-6-26-7-11-31;1-18-20-17-27-25(28-21-9-8-19(16-26-21)32-14-12-31(4)13-15-32)29-23(20)34(22(18)24(35)30(2)3)33-10-6-5-7-11-33;1-17-6-10-32(11-7-17)33-20(23(34)30(2)3)14-18-15-27-24(29-22(18)33)28-21-5-4-19(16-26-21)31-12-8-25-9-13-31;1-29(2)22(34)19-14-17-15-26-23(28-21(17)33(19)32-12-10-30(3)11-13-32)27-20-5-4-18(16-25-20)31-8-6-24-7-9-31/h4-5,16-18,26H,1-3,6-15H2,(H,27,28,29,30);8-9,16-17H,5-7,10-15H2,1-4H3,(H,26,27,28,29);4-5,14-17,25H,6-13H2,1-3H3,(H,26,27,28,29);4-5,14-16,24H,6-13H2,1-3H3,(H,25,26,27,28). The van der Waals surface area contributed by atoms with E-state index in [1.54, 1.807) is 75.6 Å². The molecular weight excluding hydrogens is 1760 g/mol. The van der Waals surface area contributed by atoms with Crippen molar-refractivity contribution in [1.29, 1.82) is 0 Å². The number of carbonyl (C=O) groups is 4. The number of nitrogens with one attached hydrogen (secondary N) is 7. The molecule has 139 heavy (non-hydrogen) atoms. The van der Waals surface area contributed by atoms with E-state index in [-0.39, 0.29) is 23.6 Å². The number of aromatic nitrogens is 16. The molecule has 21 heterocycles. The van der Waals surface area contributed by atoms with Gasteiger partial charge in [-0.25, -0.2) is 58.6 Å². The van der Waals surface area contributed by atoms with Crippen molar-refractivity contribution in [2.75, 3.05) is 314 Å². The second-order valence-corrected chi connectivity index (χ2v) is 37.7. The molecule has 0 saturated carbocycles. The van der Waals surface area contributed by atoms with E-state index < -0.39 is 0 Å². The quantitative estimate of drug-likeness (QED) is 0.0420. The smallest absolute Gasteiger partial charge is 0.272 e. The third-order valence-corrected chi connectivity index (χ3v) is 27.2. The van der Waals surface area contributed by atoms with Crippen molar-refractivity contribution in [3.63, 3.8) is 0 Å². The Kier molecular flexibility index (Phi) is 30.3. The van der Waals surface area contributed by atoms with Crippen molar-refractivity contribution in [2.24, 2.45) is 5.92 Å². The average Bonchev–Trinajstić information content (AvgIpc) is 1.60. The summed E-state index contributed by atoms with van der Waals surface area (Å²) >= 11 is 0. The molecule has 736 valence electrons. The van der Waals surface area contributed by atoms with Crippen LogP contribution in [0.4, 0.5) is 69.8 Å². The molecule has 9 fully saturated rings. The summed E-state index contributed by atoms with van der Waals surface area (Å²) in [6.07, 6.45) is 23.7. The highest BCUT2D eigenvalue weighted by molar-refractivity contribution is 6.02. The largest absolute Gasteiger partial charge is 0.378 e. The van der Waals surface area contributed by atoms with Crippen molar-refractivity contribution < 1.29 is 23.9 Å². The number of piperidine rings is 3. The molecule has 9 aliphatic rings. The Morgan fingerprint density at radius 3 is 1.06 bits per heavy atom. The molecule has 0 aromatic carbocycles. The third kappa shape index (κ3) is 22.4. The number of amides is 4. The number of hydrogen-bond donors (Lipinski definition) is 7. The number of carbonyl (C=O) groups excluding carboxylic acids is 4. The SMILES string of the molecule is CC1CCN(n2c(C(=O)N(C)C)cc3cnc(Nc4ccc(N5CCNCC5)cn4)nc32)CC1.CN1CCN(n2c(C(=O)N(C)C)cc3cnc(Nc4ccc(N5CCNCC5)cn4)nc32)CC1.Cc1c(C(=O)N(C)C)n(N2CCCCC2)c2nc(Nc3ccc(N4CCN(C)CC4)cn3)ncc12.O=C(c1cc2cnc(Nc3ccc(N4CCNCC4)cn3)nc2n1N1CCCCC1)N1CCOCC1. The van der Waals surface area contributed by atoms with Gasteiger partial charge in [-0.05, 0) is 151 Å². The number of aryl methyl sites for hydroxylation is 1. The summed E-state index contributed by atoms with van der Waals surface area (Å²) in [5, 5.41) is 35.4. The highest BCUT2D eigenvalue weighted by Crippen LogP contribution is 2.33. The first-order valence-corrected chi connectivity index (χ1v) is 49.1. The Balaban J connectivity index is 0.000000123. The highest BCUT2D eigenvalue weighted by atomic mass is 16.5. The van der Waals surface area contributed by atoms with E-state index in [0.717, 1.165) is 275 Å². The normalized spacial score (nSPS) is 17.7. The maximum atomic E-state index is 13.5. The van der Waals surface area contributed by atoms with Crippen LogP contribution in [-0.2, 0) is 4.74 Å². The average molecular weight is 1900 g/mol. The van der Waals surface area contributed by atoms with Gasteiger partial charge in [0.1, 0.15) is 46.0 Å². The first-order chi connectivity index (χ1) is 67.7. The van der Waals surface area contributed by atoms with Crippen LogP contribution in [0.25, 0.3) is 44.1 Å². The molecule has 42 nitrogen and oxygen atoms in total. The predicted molar refractivity (Wildman–Crippen MR) is 546 cm³/mol. The fraction of sp³-hybridized carbons (Fsp3) is 0.505. The molecule has 21 rings (SSSR count). The zero-order valence-electron chi connectivity index (χ0n) is 81.9. The topological polar surface area (TPSA) is 381 Å². The van der Waals surface area contributed by atoms with E-state index in [9.17, 15) is 19.2 Å². The van der Waals surface area contributed by atoms with Crippen LogP contribution in [0.5, 0.6) is 0 Å². The maximum absolute atomic E-state index is 13.5. The minimum atomic E-state index is -0.0587. The Bertz CT molecular complexity index is 5980. The number of rotatable bonds is 20. The fourth-order valence-electron chi connectivity index (χ4n) is 19.0. The van der Waals surface area contributed by atoms with Crippen LogP contribution in [0.15, 0.2) is 116 Å². The molecule has 12 aromatic heterocycles. The van der Waals surface area contributed by atoms with Crippen molar-refractivity contribution in [2.45, 2.75) is 65.2 Å². The van der Waals surface area contributed by atoms with E-state index in [4.69, 9.17) is 24.7 Å². The lowest BCUT2D eigenvalue weighted by molar-refractivity contribution is 0.0295. The van der Waals surface area contributed by atoms with Crippen LogP contribution in [-0.4, -0.2) is 384 Å². The Morgan fingerprint density at radius 1 is 0.353 bits per heavy atom. The summed E-state index contributed by atoms with van der Waals surface area (Å²) in [6, 6.07) is 21.8. The summed E-state index contributed by atoms with van der Waals surface area (Å²) in [5.41, 5.74) is 10.8. The van der Waals surface area contributed by atoms with Gasteiger partial charge < -0.3 is 111 Å². The van der Waals surface area contributed by atoms with Gasteiger partial charge in [-0.15, -0.1) is 0 Å². The summed E-state index contributed by atoms with van der Waals surface area (Å²) in [6.45, 7) is 31.4. The summed E-state index contributed by atoms with van der Waals surface area (Å²) < 4.78 is 13.4. The van der Waals surface area contributed by atoms with Crippen molar-refractivity contribution in [3.05, 3.63) is 145 Å². The van der Waals surface area contributed by atoms with Crippen molar-refractivity contribution in [3.8, 4) is 0 Å². The predicted octanol–water partition coefficient (Wildman–Crippen LogP) is 6.64. The van der Waals surface area contributed by atoms with E-state index >= 15 is 0 Å². The van der Waals surface area contributed by atoms with E-state index in [0.29, 0.717) is 108 Å². The molecule has 9 saturated heterocycles. The molecule has 0 radical (unpaired) electrons. The molecule has 4 amide bonds. The van der Waals surface area contributed by atoms with Gasteiger partial charge in [-0.1, -0.05) is 6.92 Å². The zero-order chi connectivity index (χ0) is 96.2. The number of pyridine rings is 4. The van der Waals surface area contributed by atoms with Gasteiger partial charge in [0, 0.05) is 272 Å². The molecule has 0 bridgehead atoms. The Labute approximate surface area is 810 Å². The number of anilines is 12. The summed E-state index contributed by atoms with van der Waals surface area (Å²) in [5.74, 6) is 5.17. The number of piperazine rings is 5. The number of fused-ring (bicyclic) bond motifs is 4. The van der Waals surface area contributed by atoms with E-state index in [2.05, 4.69) is 172 Å². The monoisotopic (exact) mass is 1900 g/mol. The minimum absolute atomic E-state index is 0.0153. The van der Waals surface area contributed by atoms with Gasteiger partial charge in [-0.2, -0.15) is 19.9 Å². The zero-order valence-corrected chi connectivity index (χ0v) is 81.9. The Hall–Kier alpha value is -13.7. The van der Waals surface area contributed by atoms with Crippen LogP contribution in [0, 0.1) is 12.8 Å². The lowest BCUT2D eigenvalue weighted by Crippen LogP contribution is -2.51. The van der Waals surface area contributed by atoms with E-state index in [1.165, 1.54) is 12.8 Å². The molecule has 42 heteroatoms. The molecule has 9 aliphatic heterocycles. The molecule has 0 spiro atoms. The van der Waals surface area contributed by atoms with Gasteiger partial charge in [0.2, 0.25) is 23.8 Å². The van der Waals surface area contributed by atoms with Crippen LogP contribution in [0.1, 0.15) is 106 Å². The number of nitrogens with zero attached hydrogens (tertiary/aromatic N) is 30. The molecular formula is C97H133N37O5. The van der Waals surface area contributed by atoms with Gasteiger partial charge in [-0.3, -0.25) is 19.2 Å². The van der Waals surface area contributed by atoms with Crippen LogP contribution in [0.3, 0.4) is 0 Å². The van der Waals surface area contributed by atoms with Gasteiger partial charge in [0.25, 0.3) is 23.6 Å².